The van der Waals surface area contributed by atoms with E-state index in [0.29, 0.717) is 19.3 Å². The molecule has 0 aliphatic carbocycles. The zero-order valence-corrected chi connectivity index (χ0v) is 22.6. The van der Waals surface area contributed by atoms with Crippen molar-refractivity contribution < 1.29 is 33.3 Å². The Labute approximate surface area is 217 Å². The largest absolute Gasteiger partial charge is 0.461 e. The Morgan fingerprint density at radius 1 is 0.917 bits per heavy atom. The average molecular weight is 512 g/mol. The van der Waals surface area contributed by atoms with Gasteiger partial charge in [-0.2, -0.15) is 0 Å². The van der Waals surface area contributed by atoms with Crippen molar-refractivity contribution in [1.29, 1.82) is 0 Å². The third-order valence-electron chi connectivity index (χ3n) is 7.28. The highest BCUT2D eigenvalue weighted by Crippen LogP contribution is 2.33. The number of hydrogen-bond acceptors (Lipinski definition) is 7. The number of hydrogen-bond donors (Lipinski definition) is 1. The lowest BCUT2D eigenvalue weighted by atomic mass is 9.86. The van der Waals surface area contributed by atoms with Crippen LogP contribution in [0.1, 0.15) is 123 Å². The average Bonchev–Trinajstić information content (AvgIpc) is 2.87. The van der Waals surface area contributed by atoms with Crippen molar-refractivity contribution >= 4 is 17.8 Å². The van der Waals surface area contributed by atoms with E-state index in [1.54, 1.807) is 0 Å². The number of esters is 2. The van der Waals surface area contributed by atoms with Crippen LogP contribution in [-0.4, -0.2) is 49.1 Å². The molecule has 8 nitrogen and oxygen atoms in total. The molecule has 2 aliphatic heterocycles. The summed E-state index contributed by atoms with van der Waals surface area (Å²) in [4.78, 5) is 37.2. The second-order valence-corrected chi connectivity index (χ2v) is 10.3. The molecule has 8 heteroatoms. The molecular formula is C28H49NO7. The van der Waals surface area contributed by atoms with Crippen molar-refractivity contribution in [1.82, 2.24) is 0 Å². The number of ether oxygens (including phenoxy) is 4. The summed E-state index contributed by atoms with van der Waals surface area (Å²) in [6, 6.07) is 0. The highest BCUT2D eigenvalue weighted by atomic mass is 16.7. The minimum Gasteiger partial charge on any atom is -0.461 e. The van der Waals surface area contributed by atoms with Crippen LogP contribution in [0.3, 0.4) is 0 Å². The summed E-state index contributed by atoms with van der Waals surface area (Å²) in [5.41, 5.74) is 5.48. The standard InChI is InChI=1S/C28H49NO7/c1-3-5-7-9-10-11-12-13-14-17-22(21-24-23(25(30)36-24)18-15-8-6-4-2)35-27(32)28(26(29)31)33-19-16-20-34-28/h22-24H,3-21H2,1-2H3,(H2,29,31)/t22-,23-,24-/m0/s1. The SMILES string of the molecule is CCCCCCCCCCC[C@@H](C[C@@H]1OC(=O)[C@H]1CCCCCC)OC(=O)C1(C(N)=O)OCCCO1. The third kappa shape index (κ3) is 9.66. The van der Waals surface area contributed by atoms with Crippen LogP contribution in [-0.2, 0) is 33.3 Å². The predicted molar refractivity (Wildman–Crippen MR) is 137 cm³/mol. The van der Waals surface area contributed by atoms with Crippen molar-refractivity contribution in [2.24, 2.45) is 11.7 Å². The van der Waals surface area contributed by atoms with E-state index >= 15 is 0 Å². The Bertz CT molecular complexity index is 662. The maximum Gasteiger partial charge on any atom is 0.377 e. The maximum absolute atomic E-state index is 13.0. The minimum atomic E-state index is -2.19. The van der Waals surface area contributed by atoms with Crippen LogP contribution >= 0.6 is 0 Å². The molecule has 0 unspecified atom stereocenters. The Balaban J connectivity index is 1.89. The normalized spacial score (nSPS) is 21.9. The molecule has 0 aromatic rings. The number of rotatable bonds is 20. The van der Waals surface area contributed by atoms with Gasteiger partial charge in [0.25, 0.3) is 5.91 Å². The fraction of sp³-hybridized carbons (Fsp3) is 0.893. The summed E-state index contributed by atoms with van der Waals surface area (Å²) in [5.74, 6) is -4.42. The van der Waals surface area contributed by atoms with Gasteiger partial charge in [-0.3, -0.25) is 9.59 Å². The molecule has 0 bridgehead atoms. The van der Waals surface area contributed by atoms with E-state index in [2.05, 4.69) is 13.8 Å². The van der Waals surface area contributed by atoms with Gasteiger partial charge in [-0.25, -0.2) is 4.79 Å². The van der Waals surface area contributed by atoms with E-state index in [1.165, 1.54) is 38.5 Å². The molecular weight excluding hydrogens is 462 g/mol. The van der Waals surface area contributed by atoms with Gasteiger partial charge in [0.1, 0.15) is 12.2 Å². The van der Waals surface area contributed by atoms with Crippen molar-refractivity contribution in [3.05, 3.63) is 0 Å². The van der Waals surface area contributed by atoms with Gasteiger partial charge in [-0.05, 0) is 25.7 Å². The van der Waals surface area contributed by atoms with Crippen molar-refractivity contribution in [3.8, 4) is 0 Å². The van der Waals surface area contributed by atoms with Crippen molar-refractivity contribution in [2.75, 3.05) is 13.2 Å². The fourth-order valence-corrected chi connectivity index (χ4v) is 4.99. The van der Waals surface area contributed by atoms with Gasteiger partial charge in [0.2, 0.25) is 0 Å². The lowest BCUT2D eigenvalue weighted by Crippen LogP contribution is -2.58. The van der Waals surface area contributed by atoms with Gasteiger partial charge in [-0.1, -0.05) is 90.9 Å². The topological polar surface area (TPSA) is 114 Å². The molecule has 2 aliphatic rings. The fourth-order valence-electron chi connectivity index (χ4n) is 4.99. The Morgan fingerprint density at radius 2 is 1.47 bits per heavy atom. The van der Waals surface area contributed by atoms with Gasteiger partial charge < -0.3 is 24.7 Å². The van der Waals surface area contributed by atoms with Crippen molar-refractivity contribution in [2.45, 2.75) is 141 Å². The molecule has 36 heavy (non-hydrogen) atoms. The quantitative estimate of drug-likeness (QED) is 0.133. The first kappa shape index (κ1) is 30.6. The van der Waals surface area contributed by atoms with E-state index in [0.717, 1.165) is 51.4 Å². The van der Waals surface area contributed by atoms with E-state index in [4.69, 9.17) is 24.7 Å². The summed E-state index contributed by atoms with van der Waals surface area (Å²) < 4.78 is 22.0. The molecule has 1 amide bonds. The number of primary amides is 1. The number of nitrogens with two attached hydrogens (primary N) is 1. The molecule has 0 aromatic heterocycles. The first-order valence-electron chi connectivity index (χ1n) is 14.4. The first-order valence-corrected chi connectivity index (χ1v) is 14.4. The molecule has 2 heterocycles. The van der Waals surface area contributed by atoms with Crippen LogP contribution in [0.15, 0.2) is 0 Å². The molecule has 0 aromatic carbocycles. The monoisotopic (exact) mass is 511 g/mol. The number of unbranched alkanes of at least 4 members (excludes halogenated alkanes) is 11. The summed E-state index contributed by atoms with van der Waals surface area (Å²) in [6.45, 7) is 4.77. The van der Waals surface area contributed by atoms with Crippen LogP contribution in [0, 0.1) is 5.92 Å². The second-order valence-electron chi connectivity index (χ2n) is 10.3. The van der Waals surface area contributed by atoms with E-state index in [9.17, 15) is 14.4 Å². The first-order chi connectivity index (χ1) is 17.4. The van der Waals surface area contributed by atoms with Gasteiger partial charge >= 0.3 is 17.7 Å². The Kier molecular flexibility index (Phi) is 14.4. The molecule has 3 atom stereocenters. The number of amides is 1. The molecule has 2 saturated heterocycles. The lowest BCUT2D eigenvalue weighted by molar-refractivity contribution is -0.261. The number of cyclic esters (lactones) is 1. The van der Waals surface area contributed by atoms with Gasteiger partial charge in [0, 0.05) is 6.42 Å². The maximum atomic E-state index is 13.0. The number of carbonyl (C=O) groups excluding carboxylic acids is 3. The Hall–Kier alpha value is -1.67. The summed E-state index contributed by atoms with van der Waals surface area (Å²) in [5, 5.41) is 0. The van der Waals surface area contributed by atoms with Crippen LogP contribution in [0.25, 0.3) is 0 Å². The summed E-state index contributed by atoms with van der Waals surface area (Å²) in [7, 11) is 0. The molecule has 0 radical (unpaired) electrons. The second kappa shape index (κ2) is 17.0. The van der Waals surface area contributed by atoms with E-state index < -0.39 is 23.8 Å². The smallest absolute Gasteiger partial charge is 0.377 e. The van der Waals surface area contributed by atoms with Crippen LogP contribution in [0.2, 0.25) is 0 Å². The minimum absolute atomic E-state index is 0.154. The molecule has 0 saturated carbocycles. The molecule has 2 fully saturated rings. The highest BCUT2D eigenvalue weighted by Gasteiger charge is 2.52. The molecule has 2 rings (SSSR count). The van der Waals surface area contributed by atoms with Crippen LogP contribution in [0.4, 0.5) is 0 Å². The molecule has 208 valence electrons. The Morgan fingerprint density at radius 3 is 2.03 bits per heavy atom. The van der Waals surface area contributed by atoms with Gasteiger partial charge in [0.15, 0.2) is 0 Å². The van der Waals surface area contributed by atoms with E-state index in [1.807, 2.05) is 0 Å². The predicted octanol–water partition coefficient (Wildman–Crippen LogP) is 5.34. The molecule has 2 N–H and O–H groups in total. The van der Waals surface area contributed by atoms with Crippen molar-refractivity contribution in [3.63, 3.8) is 0 Å². The van der Waals surface area contributed by atoms with Gasteiger partial charge in [-0.15, -0.1) is 0 Å². The van der Waals surface area contributed by atoms with E-state index in [-0.39, 0.29) is 31.2 Å². The summed E-state index contributed by atoms with van der Waals surface area (Å²) in [6.07, 6.45) is 16.7. The van der Waals surface area contributed by atoms with Crippen LogP contribution in [0.5, 0.6) is 0 Å². The highest BCUT2D eigenvalue weighted by molar-refractivity contribution is 6.03. The summed E-state index contributed by atoms with van der Waals surface area (Å²) >= 11 is 0. The zero-order chi connectivity index (χ0) is 26.2. The molecule has 0 spiro atoms. The lowest BCUT2D eigenvalue weighted by Gasteiger charge is -2.38. The third-order valence-corrected chi connectivity index (χ3v) is 7.28. The zero-order valence-electron chi connectivity index (χ0n) is 22.6. The number of carbonyl (C=O) groups is 3. The van der Waals surface area contributed by atoms with Gasteiger partial charge in [0.05, 0.1) is 19.1 Å². The van der Waals surface area contributed by atoms with Crippen LogP contribution < -0.4 is 5.73 Å².